The van der Waals surface area contributed by atoms with Crippen molar-refractivity contribution in [2.45, 2.75) is 64.7 Å². The van der Waals surface area contributed by atoms with Crippen LogP contribution in [0.15, 0.2) is 0 Å². The lowest BCUT2D eigenvalue weighted by molar-refractivity contribution is 0.579. The first-order valence-electron chi connectivity index (χ1n) is 5.93. The predicted octanol–water partition coefficient (Wildman–Crippen LogP) is 4.92. The van der Waals surface area contributed by atoms with Gasteiger partial charge in [-0.2, -0.15) is 0 Å². The van der Waals surface area contributed by atoms with Gasteiger partial charge in [-0.25, -0.2) is 0 Å². The first-order chi connectivity index (χ1) is 6.91. The molecule has 0 saturated heterocycles. The van der Waals surface area contributed by atoms with Gasteiger partial charge in [0, 0.05) is 6.42 Å². The molecule has 0 saturated carbocycles. The molecule has 0 aromatic carbocycles. The molecule has 0 aromatic rings. The Morgan fingerprint density at radius 1 is 0.786 bits per heavy atom. The van der Waals surface area contributed by atoms with E-state index in [4.69, 9.17) is 0 Å². The largest absolute Gasteiger partial charge is 0.102 e. The van der Waals surface area contributed by atoms with Gasteiger partial charge >= 0.3 is 0 Å². The molecular weight excluding hydrogens is 236 g/mol. The molecule has 0 heterocycles. The maximum atomic E-state index is 3.29. The molecule has 0 spiro atoms. The topological polar surface area (TPSA) is 0 Å². The van der Waals surface area contributed by atoms with Gasteiger partial charge in [0.2, 0.25) is 0 Å². The summed E-state index contributed by atoms with van der Waals surface area (Å²) in [7, 11) is 0. The van der Waals surface area contributed by atoms with Crippen molar-refractivity contribution in [3.05, 3.63) is 0 Å². The number of halogens is 1. The zero-order valence-corrected chi connectivity index (χ0v) is 11.0. The summed E-state index contributed by atoms with van der Waals surface area (Å²) < 4.78 is 0. The molecule has 0 aliphatic carbocycles. The fraction of sp³-hybridized carbons (Fsp3) is 0.846. The Hall–Kier alpha value is 0.0400. The third kappa shape index (κ3) is 12.0. The third-order valence-corrected chi connectivity index (χ3v) is 2.63. The summed E-state index contributed by atoms with van der Waals surface area (Å²) in [6, 6.07) is 0. The van der Waals surface area contributed by atoms with E-state index in [1.807, 2.05) is 0 Å². The van der Waals surface area contributed by atoms with Crippen LogP contribution in [0.4, 0.5) is 0 Å². The van der Waals surface area contributed by atoms with E-state index in [0.717, 1.165) is 11.8 Å². The monoisotopic (exact) mass is 258 g/mol. The number of hydrogen-bond donors (Lipinski definition) is 0. The molecule has 1 heteroatoms. The van der Waals surface area contributed by atoms with Crippen molar-refractivity contribution < 1.29 is 0 Å². The van der Waals surface area contributed by atoms with Crippen molar-refractivity contribution in [3.63, 3.8) is 0 Å². The summed E-state index contributed by atoms with van der Waals surface area (Å²) in [5, 5.41) is 0.823. The molecule has 14 heavy (non-hydrogen) atoms. The van der Waals surface area contributed by atoms with Gasteiger partial charge in [0.25, 0.3) is 0 Å². The smallest absolute Gasteiger partial charge is 0.0645 e. The zero-order chi connectivity index (χ0) is 10.5. The maximum Gasteiger partial charge on any atom is 0.0645 e. The van der Waals surface area contributed by atoms with Gasteiger partial charge in [-0.05, 0) is 6.42 Å². The Kier molecular flexibility index (Phi) is 13.1. The second-order valence-corrected chi connectivity index (χ2v) is 4.27. The molecule has 0 bridgehead atoms. The molecule has 0 aromatic heterocycles. The van der Waals surface area contributed by atoms with E-state index in [1.165, 1.54) is 51.4 Å². The highest BCUT2D eigenvalue weighted by molar-refractivity contribution is 9.09. The van der Waals surface area contributed by atoms with Crippen molar-refractivity contribution in [1.82, 2.24) is 0 Å². The Labute approximate surface area is 98.0 Å². The van der Waals surface area contributed by atoms with E-state index in [0.29, 0.717) is 0 Å². The summed E-state index contributed by atoms with van der Waals surface area (Å²) in [5.74, 6) is 6.18. The first-order valence-corrected chi connectivity index (χ1v) is 7.05. The average molecular weight is 259 g/mol. The molecule has 0 aliphatic heterocycles. The molecule has 82 valence electrons. The summed E-state index contributed by atoms with van der Waals surface area (Å²) in [4.78, 5) is 0. The minimum Gasteiger partial charge on any atom is -0.102 e. The summed E-state index contributed by atoms with van der Waals surface area (Å²) in [6.45, 7) is 2.27. The van der Waals surface area contributed by atoms with Crippen LogP contribution in [0, 0.1) is 11.8 Å². The molecule has 0 fully saturated rings. The summed E-state index contributed by atoms with van der Waals surface area (Å²) >= 11 is 3.29. The Balaban J connectivity index is 2.92. The Morgan fingerprint density at radius 2 is 1.36 bits per heavy atom. The van der Waals surface area contributed by atoms with Crippen molar-refractivity contribution in [2.75, 3.05) is 5.33 Å². The molecule has 0 aliphatic rings. The van der Waals surface area contributed by atoms with E-state index < -0.39 is 0 Å². The van der Waals surface area contributed by atoms with Crippen molar-refractivity contribution >= 4 is 15.9 Å². The molecular formula is C13H23Br. The minimum absolute atomic E-state index is 0.823. The first kappa shape index (κ1) is 14.0. The Morgan fingerprint density at radius 3 is 1.93 bits per heavy atom. The van der Waals surface area contributed by atoms with E-state index in [-0.39, 0.29) is 0 Å². The molecule has 0 amide bonds. The van der Waals surface area contributed by atoms with Crippen LogP contribution in [0.5, 0.6) is 0 Å². The van der Waals surface area contributed by atoms with Crippen LogP contribution < -0.4 is 0 Å². The summed E-state index contributed by atoms with van der Waals surface area (Å²) in [6.07, 6.45) is 12.2. The zero-order valence-electron chi connectivity index (χ0n) is 9.45. The van der Waals surface area contributed by atoms with Gasteiger partial charge in [-0.1, -0.05) is 73.7 Å². The van der Waals surface area contributed by atoms with Crippen LogP contribution in [0.25, 0.3) is 0 Å². The standard InChI is InChI=1S/C13H23Br/c1-2-3-4-5-6-7-8-9-10-11-12-13-14/h2-10,13H2,1H3. The van der Waals surface area contributed by atoms with Crippen LogP contribution in [0.1, 0.15) is 64.7 Å². The lowest BCUT2D eigenvalue weighted by Crippen LogP contribution is -1.80. The van der Waals surface area contributed by atoms with Gasteiger partial charge < -0.3 is 0 Å². The average Bonchev–Trinajstić information content (AvgIpc) is 2.21. The fourth-order valence-electron chi connectivity index (χ4n) is 1.48. The van der Waals surface area contributed by atoms with Crippen LogP contribution in [0.3, 0.4) is 0 Å². The molecule has 0 rings (SSSR count). The van der Waals surface area contributed by atoms with Crippen LogP contribution >= 0.6 is 15.9 Å². The molecule has 0 radical (unpaired) electrons. The van der Waals surface area contributed by atoms with Gasteiger partial charge in [0.05, 0.1) is 5.33 Å². The highest BCUT2D eigenvalue weighted by Crippen LogP contribution is 2.08. The van der Waals surface area contributed by atoms with Gasteiger partial charge in [-0.3, -0.25) is 0 Å². The van der Waals surface area contributed by atoms with E-state index in [9.17, 15) is 0 Å². The number of rotatable bonds is 8. The lowest BCUT2D eigenvalue weighted by Gasteiger charge is -1.99. The maximum absolute atomic E-state index is 3.29. The van der Waals surface area contributed by atoms with E-state index >= 15 is 0 Å². The lowest BCUT2D eigenvalue weighted by atomic mass is 10.1. The van der Waals surface area contributed by atoms with Gasteiger partial charge in [-0.15, -0.1) is 5.92 Å². The quantitative estimate of drug-likeness (QED) is 0.330. The van der Waals surface area contributed by atoms with E-state index in [2.05, 4.69) is 34.7 Å². The minimum atomic E-state index is 0.823. The number of alkyl halides is 1. The molecule has 0 atom stereocenters. The SMILES string of the molecule is CCCCCCCCCCC#CCBr. The highest BCUT2D eigenvalue weighted by Gasteiger charge is 1.89. The second kappa shape index (κ2) is 13.0. The molecule has 0 N–H and O–H groups in total. The van der Waals surface area contributed by atoms with Crippen molar-refractivity contribution in [1.29, 1.82) is 0 Å². The van der Waals surface area contributed by atoms with E-state index in [1.54, 1.807) is 0 Å². The van der Waals surface area contributed by atoms with Crippen LogP contribution in [-0.4, -0.2) is 5.33 Å². The van der Waals surface area contributed by atoms with Gasteiger partial charge in [0.1, 0.15) is 0 Å². The van der Waals surface area contributed by atoms with Gasteiger partial charge in [0.15, 0.2) is 0 Å². The van der Waals surface area contributed by atoms with Crippen molar-refractivity contribution in [3.8, 4) is 11.8 Å². The van der Waals surface area contributed by atoms with Crippen LogP contribution in [-0.2, 0) is 0 Å². The highest BCUT2D eigenvalue weighted by atomic mass is 79.9. The predicted molar refractivity (Wildman–Crippen MR) is 68.8 cm³/mol. The molecule has 0 nitrogen and oxygen atoms in total. The number of unbranched alkanes of at least 4 members (excludes halogenated alkanes) is 8. The molecule has 0 unspecified atom stereocenters. The van der Waals surface area contributed by atoms with Crippen LogP contribution in [0.2, 0.25) is 0 Å². The van der Waals surface area contributed by atoms with Crippen molar-refractivity contribution in [2.24, 2.45) is 0 Å². The fourth-order valence-corrected chi connectivity index (χ4v) is 1.68. The normalized spacial score (nSPS) is 9.57. The third-order valence-electron chi connectivity index (χ3n) is 2.35. The summed E-state index contributed by atoms with van der Waals surface area (Å²) in [5.41, 5.74) is 0. The number of hydrogen-bond acceptors (Lipinski definition) is 0. The Bertz CT molecular complexity index is 152. The second-order valence-electron chi connectivity index (χ2n) is 3.71.